The van der Waals surface area contributed by atoms with Crippen LogP contribution >= 0.6 is 0 Å². The summed E-state index contributed by atoms with van der Waals surface area (Å²) in [6.45, 7) is 13.1. The molecular weight excluding hydrogens is 248 g/mol. The zero-order chi connectivity index (χ0) is 15.3. The number of anilines is 2. The summed E-state index contributed by atoms with van der Waals surface area (Å²) in [5.74, 6) is 3.82. The Labute approximate surface area is 123 Å². The highest BCUT2D eigenvalue weighted by molar-refractivity contribution is 5.57. The normalized spacial score (nSPS) is 14.2. The minimum absolute atomic E-state index is 0.327. The molecule has 0 radical (unpaired) electrons. The summed E-state index contributed by atoms with van der Waals surface area (Å²) in [6, 6.07) is 0.420. The zero-order valence-electron chi connectivity index (χ0n) is 14.0. The number of hydrogen-bond donors (Lipinski definition) is 2. The van der Waals surface area contributed by atoms with Crippen molar-refractivity contribution in [3.63, 3.8) is 0 Å². The Hall–Kier alpha value is -1.32. The van der Waals surface area contributed by atoms with E-state index in [0.717, 1.165) is 35.4 Å². The Kier molecular flexibility index (Phi) is 6.24. The Morgan fingerprint density at radius 3 is 2.15 bits per heavy atom. The molecule has 0 aliphatic heterocycles. The van der Waals surface area contributed by atoms with E-state index in [1.165, 1.54) is 6.42 Å². The van der Waals surface area contributed by atoms with E-state index in [-0.39, 0.29) is 0 Å². The first-order valence-electron chi connectivity index (χ1n) is 7.71. The molecule has 0 saturated heterocycles. The summed E-state index contributed by atoms with van der Waals surface area (Å²) in [7, 11) is 1.91. The molecule has 2 unspecified atom stereocenters. The molecule has 0 aromatic carbocycles. The summed E-state index contributed by atoms with van der Waals surface area (Å²) >= 11 is 0. The van der Waals surface area contributed by atoms with Crippen LogP contribution in [0.3, 0.4) is 0 Å². The van der Waals surface area contributed by atoms with E-state index in [2.05, 4.69) is 57.2 Å². The highest BCUT2D eigenvalue weighted by Crippen LogP contribution is 2.24. The molecule has 0 aliphatic rings. The Morgan fingerprint density at radius 1 is 1.05 bits per heavy atom. The number of rotatable bonds is 7. The van der Waals surface area contributed by atoms with Gasteiger partial charge < -0.3 is 10.6 Å². The van der Waals surface area contributed by atoms with Crippen LogP contribution in [0.4, 0.5) is 11.6 Å². The van der Waals surface area contributed by atoms with Gasteiger partial charge in [0.05, 0.1) is 0 Å². The van der Waals surface area contributed by atoms with Gasteiger partial charge in [-0.2, -0.15) is 0 Å². The van der Waals surface area contributed by atoms with Gasteiger partial charge in [-0.1, -0.05) is 34.1 Å². The number of nitrogens with one attached hydrogen (secondary N) is 2. The smallest absolute Gasteiger partial charge is 0.135 e. The SMILES string of the molecule is CCC(C)CC(C)Nc1nc(C(C)C)nc(NC)c1C. The summed E-state index contributed by atoms with van der Waals surface area (Å²) in [6.07, 6.45) is 2.37. The van der Waals surface area contributed by atoms with E-state index in [4.69, 9.17) is 4.98 Å². The third kappa shape index (κ3) is 4.36. The Bertz CT molecular complexity index is 429. The molecule has 114 valence electrons. The summed E-state index contributed by atoms with van der Waals surface area (Å²) < 4.78 is 0. The fourth-order valence-electron chi connectivity index (χ4n) is 2.24. The van der Waals surface area contributed by atoms with Crippen LogP contribution in [-0.2, 0) is 0 Å². The van der Waals surface area contributed by atoms with Crippen molar-refractivity contribution in [3.8, 4) is 0 Å². The van der Waals surface area contributed by atoms with Crippen molar-refractivity contribution < 1.29 is 0 Å². The van der Waals surface area contributed by atoms with Crippen LogP contribution in [0.1, 0.15) is 64.8 Å². The number of aromatic nitrogens is 2. The fraction of sp³-hybridized carbons (Fsp3) is 0.750. The van der Waals surface area contributed by atoms with Gasteiger partial charge in [0.1, 0.15) is 17.5 Å². The second kappa shape index (κ2) is 7.46. The van der Waals surface area contributed by atoms with Crippen molar-refractivity contribution in [2.24, 2.45) is 5.92 Å². The van der Waals surface area contributed by atoms with E-state index >= 15 is 0 Å². The van der Waals surface area contributed by atoms with Gasteiger partial charge in [0, 0.05) is 24.6 Å². The lowest BCUT2D eigenvalue weighted by molar-refractivity contribution is 0.483. The lowest BCUT2D eigenvalue weighted by atomic mass is 10.0. The van der Waals surface area contributed by atoms with Gasteiger partial charge in [0.2, 0.25) is 0 Å². The van der Waals surface area contributed by atoms with Gasteiger partial charge in [-0.3, -0.25) is 0 Å². The molecule has 0 fully saturated rings. The van der Waals surface area contributed by atoms with E-state index in [9.17, 15) is 0 Å². The van der Waals surface area contributed by atoms with Crippen molar-refractivity contribution in [2.45, 2.75) is 66.3 Å². The van der Waals surface area contributed by atoms with Crippen LogP contribution in [0.5, 0.6) is 0 Å². The minimum atomic E-state index is 0.327. The molecular formula is C16H30N4. The molecule has 1 aromatic rings. The summed E-state index contributed by atoms with van der Waals surface area (Å²) in [5, 5.41) is 6.72. The van der Waals surface area contributed by atoms with Crippen LogP contribution in [0.15, 0.2) is 0 Å². The van der Waals surface area contributed by atoms with E-state index in [1.807, 2.05) is 7.05 Å². The molecule has 1 aromatic heterocycles. The lowest BCUT2D eigenvalue weighted by Gasteiger charge is -2.21. The highest BCUT2D eigenvalue weighted by Gasteiger charge is 2.15. The maximum atomic E-state index is 4.69. The lowest BCUT2D eigenvalue weighted by Crippen LogP contribution is -2.21. The molecule has 0 spiro atoms. The summed E-state index contributed by atoms with van der Waals surface area (Å²) in [5.41, 5.74) is 1.09. The third-order valence-electron chi connectivity index (χ3n) is 3.75. The number of nitrogens with zero attached hydrogens (tertiary/aromatic N) is 2. The molecule has 0 saturated carbocycles. The van der Waals surface area contributed by atoms with Gasteiger partial charge in [0.15, 0.2) is 0 Å². The van der Waals surface area contributed by atoms with Crippen LogP contribution in [0.25, 0.3) is 0 Å². The van der Waals surface area contributed by atoms with Crippen molar-refractivity contribution >= 4 is 11.6 Å². The average Bonchev–Trinajstić information content (AvgIpc) is 2.40. The average molecular weight is 278 g/mol. The monoisotopic (exact) mass is 278 g/mol. The molecule has 0 bridgehead atoms. The third-order valence-corrected chi connectivity index (χ3v) is 3.75. The molecule has 2 atom stereocenters. The number of hydrogen-bond acceptors (Lipinski definition) is 4. The zero-order valence-corrected chi connectivity index (χ0v) is 14.0. The molecule has 0 aliphatic carbocycles. The quantitative estimate of drug-likeness (QED) is 0.785. The topological polar surface area (TPSA) is 49.8 Å². The Morgan fingerprint density at radius 2 is 1.65 bits per heavy atom. The second-order valence-corrected chi connectivity index (χ2v) is 6.10. The molecule has 1 rings (SSSR count). The van der Waals surface area contributed by atoms with Crippen LogP contribution < -0.4 is 10.6 Å². The van der Waals surface area contributed by atoms with Gasteiger partial charge >= 0.3 is 0 Å². The van der Waals surface area contributed by atoms with Crippen molar-refractivity contribution in [1.82, 2.24) is 9.97 Å². The van der Waals surface area contributed by atoms with Gasteiger partial charge in [-0.15, -0.1) is 0 Å². The Balaban J connectivity index is 2.95. The first-order valence-corrected chi connectivity index (χ1v) is 7.71. The van der Waals surface area contributed by atoms with Crippen molar-refractivity contribution in [2.75, 3.05) is 17.7 Å². The van der Waals surface area contributed by atoms with Gasteiger partial charge in [-0.25, -0.2) is 9.97 Å². The molecule has 20 heavy (non-hydrogen) atoms. The first kappa shape index (κ1) is 16.7. The van der Waals surface area contributed by atoms with E-state index in [1.54, 1.807) is 0 Å². The van der Waals surface area contributed by atoms with E-state index in [0.29, 0.717) is 12.0 Å². The van der Waals surface area contributed by atoms with Gasteiger partial charge in [0.25, 0.3) is 0 Å². The van der Waals surface area contributed by atoms with Crippen molar-refractivity contribution in [1.29, 1.82) is 0 Å². The van der Waals surface area contributed by atoms with Crippen molar-refractivity contribution in [3.05, 3.63) is 11.4 Å². The van der Waals surface area contributed by atoms with Gasteiger partial charge in [-0.05, 0) is 26.2 Å². The highest BCUT2D eigenvalue weighted by atomic mass is 15.1. The largest absolute Gasteiger partial charge is 0.373 e. The fourth-order valence-corrected chi connectivity index (χ4v) is 2.24. The minimum Gasteiger partial charge on any atom is -0.373 e. The maximum absolute atomic E-state index is 4.69. The maximum Gasteiger partial charge on any atom is 0.135 e. The van der Waals surface area contributed by atoms with Crippen LogP contribution in [0.2, 0.25) is 0 Å². The van der Waals surface area contributed by atoms with Crippen LogP contribution in [-0.4, -0.2) is 23.1 Å². The molecule has 2 N–H and O–H groups in total. The standard InChI is InChI=1S/C16H30N4/c1-8-11(4)9-12(5)18-16-13(6)15(17-7)19-14(20-16)10(2)3/h10-12H,8-9H2,1-7H3,(H2,17,18,19,20). The second-order valence-electron chi connectivity index (χ2n) is 6.10. The van der Waals surface area contributed by atoms with Crippen LogP contribution in [0, 0.1) is 12.8 Å². The summed E-state index contributed by atoms with van der Waals surface area (Å²) in [4.78, 5) is 9.26. The predicted molar refractivity (Wildman–Crippen MR) is 87.6 cm³/mol. The molecule has 4 nitrogen and oxygen atoms in total. The van der Waals surface area contributed by atoms with E-state index < -0.39 is 0 Å². The molecule has 4 heteroatoms. The molecule has 0 amide bonds. The molecule has 1 heterocycles. The first-order chi connectivity index (χ1) is 9.38. The predicted octanol–water partition coefficient (Wildman–Crippen LogP) is 4.19.